The largest absolute Gasteiger partial charge is 0.483 e. The summed E-state index contributed by atoms with van der Waals surface area (Å²) in [6.07, 6.45) is 0. The molecule has 0 aliphatic heterocycles. The van der Waals surface area contributed by atoms with Crippen LogP contribution in [0.15, 0.2) is 72.8 Å². The molecule has 1 heteroatoms. The summed E-state index contributed by atoms with van der Waals surface area (Å²) < 4.78 is 6.14. The monoisotopic (exact) mass is 262 g/mol. The van der Waals surface area contributed by atoms with E-state index in [1.807, 2.05) is 30.3 Å². The van der Waals surface area contributed by atoms with Crippen LogP contribution in [0.5, 0.6) is 5.75 Å². The van der Waals surface area contributed by atoms with E-state index < -0.39 is 0 Å². The summed E-state index contributed by atoms with van der Waals surface area (Å²) in [5.74, 6) is 0.894. The molecule has 0 saturated heterocycles. The molecule has 20 heavy (non-hydrogen) atoms. The van der Waals surface area contributed by atoms with E-state index in [-0.39, 0.29) is 5.60 Å². The standard InChI is InChI=1S/C19H18O/c1-19(2,20-18-10-4-3-5-11-18)17-13-12-15-8-6-7-9-16(15)14-17/h3-14H,1-2H3. The highest BCUT2D eigenvalue weighted by Crippen LogP contribution is 2.29. The molecule has 100 valence electrons. The van der Waals surface area contributed by atoms with Gasteiger partial charge in [-0.1, -0.05) is 54.6 Å². The molecule has 0 saturated carbocycles. The number of hydrogen-bond acceptors (Lipinski definition) is 1. The fourth-order valence-corrected chi connectivity index (χ4v) is 2.41. The van der Waals surface area contributed by atoms with Crippen molar-refractivity contribution in [2.75, 3.05) is 0 Å². The molecule has 0 aliphatic rings. The Morgan fingerprint density at radius 3 is 2.10 bits per heavy atom. The number of rotatable bonds is 3. The molecular formula is C19H18O. The van der Waals surface area contributed by atoms with Gasteiger partial charge in [0.15, 0.2) is 0 Å². The lowest BCUT2D eigenvalue weighted by molar-refractivity contribution is 0.109. The Bertz CT molecular complexity index is 714. The third kappa shape index (κ3) is 2.53. The Labute approximate surface area is 119 Å². The maximum atomic E-state index is 6.14. The first-order valence-corrected chi connectivity index (χ1v) is 6.88. The Hall–Kier alpha value is -2.28. The van der Waals surface area contributed by atoms with E-state index >= 15 is 0 Å². The van der Waals surface area contributed by atoms with Gasteiger partial charge in [-0.15, -0.1) is 0 Å². The van der Waals surface area contributed by atoms with Crippen molar-refractivity contribution in [2.45, 2.75) is 19.4 Å². The van der Waals surface area contributed by atoms with Gasteiger partial charge in [0.1, 0.15) is 11.4 Å². The summed E-state index contributed by atoms with van der Waals surface area (Å²) in [7, 11) is 0. The van der Waals surface area contributed by atoms with Crippen LogP contribution in [-0.4, -0.2) is 0 Å². The molecule has 0 fully saturated rings. The highest BCUT2D eigenvalue weighted by Gasteiger charge is 2.22. The molecule has 0 radical (unpaired) electrons. The summed E-state index contributed by atoms with van der Waals surface area (Å²) in [5.41, 5.74) is 0.825. The molecular weight excluding hydrogens is 244 g/mol. The first kappa shape index (κ1) is 12.7. The SMILES string of the molecule is CC(C)(Oc1ccccc1)c1ccc2ccccc2c1. The molecule has 3 aromatic carbocycles. The number of para-hydroxylation sites is 1. The van der Waals surface area contributed by atoms with Crippen LogP contribution < -0.4 is 4.74 Å². The lowest BCUT2D eigenvalue weighted by atomic mass is 9.95. The zero-order valence-electron chi connectivity index (χ0n) is 11.8. The predicted molar refractivity (Wildman–Crippen MR) is 84.0 cm³/mol. The maximum Gasteiger partial charge on any atom is 0.128 e. The molecule has 0 spiro atoms. The number of fused-ring (bicyclic) bond motifs is 1. The van der Waals surface area contributed by atoms with Gasteiger partial charge in [-0.05, 0) is 48.4 Å². The van der Waals surface area contributed by atoms with Crippen molar-refractivity contribution >= 4 is 10.8 Å². The van der Waals surface area contributed by atoms with Crippen LogP contribution in [0.25, 0.3) is 10.8 Å². The lowest BCUT2D eigenvalue weighted by Crippen LogP contribution is -2.25. The molecule has 0 aromatic heterocycles. The van der Waals surface area contributed by atoms with Crippen molar-refractivity contribution in [3.05, 3.63) is 78.4 Å². The topological polar surface area (TPSA) is 9.23 Å². The molecule has 0 aliphatic carbocycles. The van der Waals surface area contributed by atoms with Crippen LogP contribution in [0.2, 0.25) is 0 Å². The summed E-state index contributed by atoms with van der Waals surface area (Å²) >= 11 is 0. The minimum Gasteiger partial charge on any atom is -0.483 e. The second-order valence-corrected chi connectivity index (χ2v) is 5.49. The van der Waals surface area contributed by atoms with Crippen molar-refractivity contribution < 1.29 is 4.74 Å². The lowest BCUT2D eigenvalue weighted by Gasteiger charge is -2.27. The Morgan fingerprint density at radius 1 is 0.700 bits per heavy atom. The van der Waals surface area contributed by atoms with Crippen molar-refractivity contribution in [1.29, 1.82) is 0 Å². The van der Waals surface area contributed by atoms with Crippen LogP contribution in [0.4, 0.5) is 0 Å². The van der Waals surface area contributed by atoms with E-state index in [9.17, 15) is 0 Å². The quantitative estimate of drug-likeness (QED) is 0.634. The minimum absolute atomic E-state index is 0.356. The Kier molecular flexibility index (Phi) is 3.19. The van der Waals surface area contributed by atoms with Crippen molar-refractivity contribution in [2.24, 2.45) is 0 Å². The zero-order chi connectivity index (χ0) is 14.0. The molecule has 3 rings (SSSR count). The van der Waals surface area contributed by atoms with E-state index in [4.69, 9.17) is 4.74 Å². The van der Waals surface area contributed by atoms with Gasteiger partial charge in [-0.3, -0.25) is 0 Å². The van der Waals surface area contributed by atoms with Crippen LogP contribution >= 0.6 is 0 Å². The van der Waals surface area contributed by atoms with Gasteiger partial charge < -0.3 is 4.74 Å². The van der Waals surface area contributed by atoms with Gasteiger partial charge in [-0.2, -0.15) is 0 Å². The highest BCUT2D eigenvalue weighted by atomic mass is 16.5. The maximum absolute atomic E-state index is 6.14. The van der Waals surface area contributed by atoms with Gasteiger partial charge in [0.25, 0.3) is 0 Å². The normalized spacial score (nSPS) is 11.5. The zero-order valence-corrected chi connectivity index (χ0v) is 11.8. The fraction of sp³-hybridized carbons (Fsp3) is 0.158. The molecule has 1 nitrogen and oxygen atoms in total. The van der Waals surface area contributed by atoms with Crippen molar-refractivity contribution in [1.82, 2.24) is 0 Å². The van der Waals surface area contributed by atoms with Crippen molar-refractivity contribution in [3.63, 3.8) is 0 Å². The molecule has 0 unspecified atom stereocenters. The van der Waals surface area contributed by atoms with Crippen LogP contribution in [0.1, 0.15) is 19.4 Å². The first-order chi connectivity index (χ1) is 9.65. The fourth-order valence-electron chi connectivity index (χ4n) is 2.41. The third-order valence-electron chi connectivity index (χ3n) is 3.56. The molecule has 0 heterocycles. The molecule has 0 amide bonds. The highest BCUT2D eigenvalue weighted by molar-refractivity contribution is 5.83. The van der Waals surface area contributed by atoms with Crippen LogP contribution in [0.3, 0.4) is 0 Å². The molecule has 3 aromatic rings. The second-order valence-electron chi connectivity index (χ2n) is 5.49. The van der Waals surface area contributed by atoms with E-state index in [0.29, 0.717) is 0 Å². The van der Waals surface area contributed by atoms with Crippen molar-refractivity contribution in [3.8, 4) is 5.75 Å². The molecule has 0 atom stereocenters. The first-order valence-electron chi connectivity index (χ1n) is 6.88. The van der Waals surface area contributed by atoms with Crippen LogP contribution in [0, 0.1) is 0 Å². The Morgan fingerprint density at radius 2 is 1.35 bits per heavy atom. The van der Waals surface area contributed by atoms with E-state index in [1.54, 1.807) is 0 Å². The summed E-state index contributed by atoms with van der Waals surface area (Å²) in [6, 6.07) is 24.9. The van der Waals surface area contributed by atoms with E-state index in [0.717, 1.165) is 5.75 Å². The summed E-state index contributed by atoms with van der Waals surface area (Å²) in [5, 5.41) is 2.50. The van der Waals surface area contributed by atoms with Gasteiger partial charge in [0.2, 0.25) is 0 Å². The van der Waals surface area contributed by atoms with Crippen LogP contribution in [-0.2, 0) is 5.60 Å². The number of ether oxygens (including phenoxy) is 1. The van der Waals surface area contributed by atoms with E-state index in [1.165, 1.54) is 16.3 Å². The smallest absolute Gasteiger partial charge is 0.128 e. The second kappa shape index (κ2) is 5.01. The third-order valence-corrected chi connectivity index (χ3v) is 3.56. The predicted octanol–water partition coefficient (Wildman–Crippen LogP) is 5.15. The van der Waals surface area contributed by atoms with Gasteiger partial charge in [0.05, 0.1) is 0 Å². The summed E-state index contributed by atoms with van der Waals surface area (Å²) in [4.78, 5) is 0. The van der Waals surface area contributed by atoms with E-state index in [2.05, 4.69) is 56.3 Å². The summed E-state index contributed by atoms with van der Waals surface area (Å²) in [6.45, 7) is 4.20. The minimum atomic E-state index is -0.356. The number of hydrogen-bond donors (Lipinski definition) is 0. The van der Waals surface area contributed by atoms with Gasteiger partial charge in [-0.25, -0.2) is 0 Å². The molecule has 0 bridgehead atoms. The Balaban J connectivity index is 1.96. The number of benzene rings is 3. The molecule has 0 N–H and O–H groups in total. The average Bonchev–Trinajstić information content (AvgIpc) is 2.47. The average molecular weight is 262 g/mol. The van der Waals surface area contributed by atoms with Gasteiger partial charge in [0, 0.05) is 0 Å². The van der Waals surface area contributed by atoms with Gasteiger partial charge >= 0.3 is 0 Å².